The second kappa shape index (κ2) is 8.98. The van der Waals surface area contributed by atoms with E-state index in [0.717, 1.165) is 10.5 Å². The maximum Gasteiger partial charge on any atom is 0.410 e. The molecule has 1 saturated heterocycles. The Hall–Kier alpha value is -2.19. The normalized spacial score (nSPS) is 20.6. The second-order valence-electron chi connectivity index (χ2n) is 9.15. The molecule has 2 heterocycles. The number of benzene rings is 2. The molecule has 0 radical (unpaired) electrons. The van der Waals surface area contributed by atoms with E-state index in [1.54, 1.807) is 28.8 Å². The van der Waals surface area contributed by atoms with Crippen molar-refractivity contribution in [2.75, 3.05) is 18.8 Å². The smallest absolute Gasteiger partial charge is 0.410 e. The summed E-state index contributed by atoms with van der Waals surface area (Å²) in [5, 5.41) is -0.213. The fourth-order valence-corrected chi connectivity index (χ4v) is 7.50. The number of carbonyl (C=O) groups is 1. The molecule has 2 aliphatic heterocycles. The first kappa shape index (κ1) is 23.0. The van der Waals surface area contributed by atoms with Crippen molar-refractivity contribution < 1.29 is 22.7 Å². The van der Waals surface area contributed by atoms with Gasteiger partial charge in [-0.3, -0.25) is 0 Å². The van der Waals surface area contributed by atoms with Crippen LogP contribution in [0.25, 0.3) is 0 Å². The van der Waals surface area contributed by atoms with Crippen LogP contribution in [-0.2, 0) is 14.6 Å². The van der Waals surface area contributed by atoms with E-state index in [-0.39, 0.29) is 23.2 Å². The molecule has 0 aromatic heterocycles. The number of likely N-dealkylation sites (tertiary alicyclic amines) is 1. The number of thioether (sulfide) groups is 1. The quantitative estimate of drug-likeness (QED) is 0.614. The third-order valence-corrected chi connectivity index (χ3v) is 8.70. The average Bonchev–Trinajstić information content (AvgIpc) is 2.99. The number of hydrogen-bond acceptors (Lipinski definition) is 6. The molecule has 1 unspecified atom stereocenters. The highest BCUT2D eigenvalue weighted by Gasteiger charge is 2.38. The maximum absolute atomic E-state index is 12.8. The number of fused-ring (bicyclic) bond motifs is 1. The van der Waals surface area contributed by atoms with Crippen LogP contribution in [0.1, 0.15) is 44.4 Å². The predicted molar refractivity (Wildman–Crippen MR) is 125 cm³/mol. The molecule has 1 atom stereocenters. The SMILES string of the molecule is CC(C)(C)OC(=O)N1CCC(Oc2cccc3c2C(Sc2ccccc2)CS3(=O)=O)CC1. The summed E-state index contributed by atoms with van der Waals surface area (Å²) in [7, 11) is -3.35. The van der Waals surface area contributed by atoms with Crippen LogP contribution >= 0.6 is 11.8 Å². The molecular weight excluding hydrogens is 446 g/mol. The predicted octanol–water partition coefficient (Wildman–Crippen LogP) is 5.09. The molecule has 0 spiro atoms. The molecule has 1 fully saturated rings. The van der Waals surface area contributed by atoms with Gasteiger partial charge in [0.2, 0.25) is 0 Å². The Kier molecular flexibility index (Phi) is 6.45. The summed E-state index contributed by atoms with van der Waals surface area (Å²) in [6, 6.07) is 15.1. The van der Waals surface area contributed by atoms with Crippen LogP contribution in [0.2, 0.25) is 0 Å². The summed E-state index contributed by atoms with van der Waals surface area (Å²) in [6.07, 6.45) is 0.964. The van der Waals surface area contributed by atoms with Gasteiger partial charge in [-0.2, -0.15) is 0 Å². The minimum absolute atomic E-state index is 0.0688. The van der Waals surface area contributed by atoms with Crippen LogP contribution in [0.3, 0.4) is 0 Å². The van der Waals surface area contributed by atoms with E-state index in [0.29, 0.717) is 36.6 Å². The highest BCUT2D eigenvalue weighted by atomic mass is 32.2. The van der Waals surface area contributed by atoms with Crippen molar-refractivity contribution in [2.24, 2.45) is 0 Å². The van der Waals surface area contributed by atoms with Crippen molar-refractivity contribution in [2.45, 2.75) is 60.4 Å². The lowest BCUT2D eigenvalue weighted by molar-refractivity contribution is 0.0125. The summed E-state index contributed by atoms with van der Waals surface area (Å²) in [5.41, 5.74) is 0.238. The largest absolute Gasteiger partial charge is 0.490 e. The first-order valence-corrected chi connectivity index (χ1v) is 13.4. The van der Waals surface area contributed by atoms with Gasteiger partial charge in [-0.25, -0.2) is 13.2 Å². The lowest BCUT2D eigenvalue weighted by Crippen LogP contribution is -2.44. The number of hydrogen-bond donors (Lipinski definition) is 0. The number of carbonyl (C=O) groups excluding carboxylic acids is 1. The minimum atomic E-state index is -3.35. The Morgan fingerprint density at radius 3 is 2.38 bits per heavy atom. The van der Waals surface area contributed by atoms with Gasteiger partial charge in [-0.05, 0) is 45.0 Å². The topological polar surface area (TPSA) is 72.9 Å². The van der Waals surface area contributed by atoms with Gasteiger partial charge < -0.3 is 14.4 Å². The fourth-order valence-electron chi connectivity index (χ4n) is 4.01. The second-order valence-corrected chi connectivity index (χ2v) is 12.4. The van der Waals surface area contributed by atoms with Crippen LogP contribution in [-0.4, -0.2) is 50.0 Å². The van der Waals surface area contributed by atoms with Crippen molar-refractivity contribution in [3.63, 3.8) is 0 Å². The van der Waals surface area contributed by atoms with E-state index in [1.807, 2.05) is 57.2 Å². The Morgan fingerprint density at radius 1 is 1.03 bits per heavy atom. The van der Waals surface area contributed by atoms with E-state index in [1.165, 1.54) is 0 Å². The standard InChI is InChI=1S/C24H29NO5S2/c1-24(2,3)30-23(26)25-14-12-17(13-15-25)29-19-10-7-11-21-22(19)20(16-32(21,27)28)31-18-8-5-4-6-9-18/h4-11,17,20H,12-16H2,1-3H3. The summed E-state index contributed by atoms with van der Waals surface area (Å²) in [6.45, 7) is 6.67. The number of nitrogens with zero attached hydrogens (tertiary/aromatic N) is 1. The molecule has 172 valence electrons. The fraction of sp³-hybridized carbons (Fsp3) is 0.458. The van der Waals surface area contributed by atoms with Gasteiger partial charge in [0.1, 0.15) is 17.5 Å². The lowest BCUT2D eigenvalue weighted by atomic mass is 10.1. The lowest BCUT2D eigenvalue weighted by Gasteiger charge is -2.34. The molecule has 0 aliphatic carbocycles. The zero-order valence-corrected chi connectivity index (χ0v) is 20.2. The number of amides is 1. The summed E-state index contributed by atoms with van der Waals surface area (Å²) in [4.78, 5) is 15.4. The summed E-state index contributed by atoms with van der Waals surface area (Å²) >= 11 is 1.55. The van der Waals surface area contributed by atoms with E-state index in [2.05, 4.69) is 0 Å². The first-order valence-electron chi connectivity index (χ1n) is 10.8. The van der Waals surface area contributed by atoms with E-state index >= 15 is 0 Å². The van der Waals surface area contributed by atoms with Gasteiger partial charge in [-0.15, -0.1) is 11.8 Å². The van der Waals surface area contributed by atoms with Gasteiger partial charge in [-0.1, -0.05) is 24.3 Å². The Bertz CT molecular complexity index is 1070. The number of piperidine rings is 1. The molecule has 0 N–H and O–H groups in total. The molecule has 4 rings (SSSR count). The average molecular weight is 476 g/mol. The Balaban J connectivity index is 1.48. The first-order chi connectivity index (χ1) is 15.1. The zero-order valence-electron chi connectivity index (χ0n) is 18.6. The van der Waals surface area contributed by atoms with Gasteiger partial charge in [0, 0.05) is 36.4 Å². The molecule has 32 heavy (non-hydrogen) atoms. The number of sulfone groups is 1. The maximum atomic E-state index is 12.8. The van der Waals surface area contributed by atoms with Crippen LogP contribution < -0.4 is 4.74 Å². The monoisotopic (exact) mass is 475 g/mol. The van der Waals surface area contributed by atoms with Gasteiger partial charge >= 0.3 is 6.09 Å². The van der Waals surface area contributed by atoms with Gasteiger partial charge in [0.05, 0.1) is 15.9 Å². The summed E-state index contributed by atoms with van der Waals surface area (Å²) < 4.78 is 37.4. The van der Waals surface area contributed by atoms with E-state index in [9.17, 15) is 13.2 Å². The molecule has 8 heteroatoms. The number of ether oxygens (including phenoxy) is 2. The zero-order chi connectivity index (χ0) is 22.9. The molecule has 0 bridgehead atoms. The third kappa shape index (κ3) is 5.23. The molecule has 2 aliphatic rings. The van der Waals surface area contributed by atoms with Gasteiger partial charge in [0.25, 0.3) is 0 Å². The highest BCUT2D eigenvalue weighted by Crippen LogP contribution is 2.49. The third-order valence-electron chi connectivity index (χ3n) is 5.46. The molecule has 2 aromatic rings. The van der Waals surface area contributed by atoms with Crippen LogP contribution in [0.5, 0.6) is 5.75 Å². The van der Waals surface area contributed by atoms with Crippen molar-refractivity contribution in [3.05, 3.63) is 54.1 Å². The molecule has 2 aromatic carbocycles. The Labute approximate surface area is 194 Å². The molecule has 6 nitrogen and oxygen atoms in total. The molecule has 0 saturated carbocycles. The van der Waals surface area contributed by atoms with Gasteiger partial charge in [0.15, 0.2) is 9.84 Å². The van der Waals surface area contributed by atoms with Crippen molar-refractivity contribution in [3.8, 4) is 5.75 Å². The van der Waals surface area contributed by atoms with Crippen LogP contribution in [0, 0.1) is 0 Å². The van der Waals surface area contributed by atoms with E-state index in [4.69, 9.17) is 9.47 Å². The van der Waals surface area contributed by atoms with E-state index < -0.39 is 15.4 Å². The van der Waals surface area contributed by atoms with Crippen molar-refractivity contribution in [1.29, 1.82) is 0 Å². The molecule has 1 amide bonds. The minimum Gasteiger partial charge on any atom is -0.490 e. The van der Waals surface area contributed by atoms with Crippen molar-refractivity contribution in [1.82, 2.24) is 4.90 Å². The number of rotatable bonds is 4. The molecular formula is C24H29NO5S2. The summed E-state index contributed by atoms with van der Waals surface area (Å²) in [5.74, 6) is 0.701. The highest BCUT2D eigenvalue weighted by molar-refractivity contribution is 8.01. The van der Waals surface area contributed by atoms with Crippen molar-refractivity contribution >= 4 is 27.7 Å². The Morgan fingerprint density at radius 2 is 1.72 bits per heavy atom. The van der Waals surface area contributed by atoms with Crippen LogP contribution in [0.4, 0.5) is 4.79 Å². The van der Waals surface area contributed by atoms with Crippen LogP contribution in [0.15, 0.2) is 58.3 Å².